The normalized spacial score (nSPS) is 15.4. The van der Waals surface area contributed by atoms with E-state index >= 15 is 0 Å². The minimum atomic E-state index is -1.43. The molecule has 2 N–H and O–H groups in total. The van der Waals surface area contributed by atoms with Crippen molar-refractivity contribution in [1.29, 1.82) is 0 Å². The molecule has 0 saturated carbocycles. The fourth-order valence-electron chi connectivity index (χ4n) is 5.62. The Balaban J connectivity index is 1.71. The predicted octanol–water partition coefficient (Wildman–Crippen LogP) is 5.10. The number of methoxy groups -OCH3 is 4. The first-order valence-corrected chi connectivity index (χ1v) is 15.4. The number of hydrogen-bond donors (Lipinski definition) is 2. The highest BCUT2D eigenvalue weighted by Gasteiger charge is 2.39. The fraction of sp³-hybridized carbons (Fsp3) is 0.353. The number of halogens is 2. The van der Waals surface area contributed by atoms with Crippen molar-refractivity contribution >= 4 is 35.4 Å². The highest BCUT2D eigenvalue weighted by atomic mass is 35.5. The van der Waals surface area contributed by atoms with E-state index in [1.807, 2.05) is 0 Å². The minimum Gasteiger partial charge on any atom is -0.496 e. The number of amides is 4. The SMILES string of the molecule is CC[C@H](NC(=O)N1CC(=O)N(Cc2c(OC)cc(OC)cc2OC)C[C@@H](Cc2cc(Cl)ccc2OC)C1=O)c1ccc(C(=O)O)c(F)c1. The first kappa shape index (κ1) is 35.8. The van der Waals surface area contributed by atoms with E-state index in [2.05, 4.69) is 5.32 Å². The summed E-state index contributed by atoms with van der Waals surface area (Å²) in [7, 11) is 5.92. The fourth-order valence-corrected chi connectivity index (χ4v) is 5.82. The molecule has 0 aliphatic carbocycles. The zero-order valence-corrected chi connectivity index (χ0v) is 27.9. The van der Waals surface area contributed by atoms with Gasteiger partial charge in [0, 0.05) is 23.7 Å². The Bertz CT molecular complexity index is 1680. The number of carbonyl (C=O) groups excluding carboxylic acids is 3. The van der Waals surface area contributed by atoms with Crippen LogP contribution >= 0.6 is 11.6 Å². The lowest BCUT2D eigenvalue weighted by Crippen LogP contribution is -2.48. The monoisotopic (exact) mass is 685 g/mol. The Kier molecular flexibility index (Phi) is 11.7. The highest BCUT2D eigenvalue weighted by Crippen LogP contribution is 2.36. The Morgan fingerprint density at radius 3 is 2.21 bits per heavy atom. The van der Waals surface area contributed by atoms with E-state index in [9.17, 15) is 28.7 Å². The van der Waals surface area contributed by atoms with E-state index in [0.29, 0.717) is 44.7 Å². The van der Waals surface area contributed by atoms with E-state index in [0.717, 1.165) is 17.0 Å². The maximum Gasteiger partial charge on any atom is 0.338 e. The van der Waals surface area contributed by atoms with Crippen LogP contribution in [0.15, 0.2) is 48.5 Å². The highest BCUT2D eigenvalue weighted by molar-refractivity contribution is 6.30. The molecule has 256 valence electrons. The van der Waals surface area contributed by atoms with Gasteiger partial charge >= 0.3 is 12.0 Å². The second kappa shape index (κ2) is 15.7. The summed E-state index contributed by atoms with van der Waals surface area (Å²) < 4.78 is 36.5. The van der Waals surface area contributed by atoms with Gasteiger partial charge in [-0.2, -0.15) is 0 Å². The number of carbonyl (C=O) groups is 4. The van der Waals surface area contributed by atoms with Crippen molar-refractivity contribution in [2.45, 2.75) is 32.4 Å². The quantitative estimate of drug-likeness (QED) is 0.266. The van der Waals surface area contributed by atoms with E-state index in [4.69, 9.17) is 30.5 Å². The molecule has 1 fully saturated rings. The third kappa shape index (κ3) is 7.91. The summed E-state index contributed by atoms with van der Waals surface area (Å²) in [4.78, 5) is 55.3. The molecule has 3 aromatic rings. The van der Waals surface area contributed by atoms with Gasteiger partial charge in [0.05, 0.1) is 58.1 Å². The largest absolute Gasteiger partial charge is 0.496 e. The molecule has 0 bridgehead atoms. The van der Waals surface area contributed by atoms with Crippen LogP contribution in [0.5, 0.6) is 23.0 Å². The lowest BCUT2D eigenvalue weighted by molar-refractivity contribution is -0.135. The van der Waals surface area contributed by atoms with E-state index in [1.165, 1.54) is 39.4 Å². The van der Waals surface area contributed by atoms with Crippen molar-refractivity contribution < 1.29 is 47.6 Å². The van der Waals surface area contributed by atoms with Crippen LogP contribution in [0, 0.1) is 11.7 Å². The van der Waals surface area contributed by atoms with Crippen molar-refractivity contribution in [3.63, 3.8) is 0 Å². The number of nitrogens with zero attached hydrogens (tertiary/aromatic N) is 2. The lowest BCUT2D eigenvalue weighted by atomic mass is 9.96. The van der Waals surface area contributed by atoms with Crippen molar-refractivity contribution in [2.24, 2.45) is 5.92 Å². The Hall–Kier alpha value is -5.04. The van der Waals surface area contributed by atoms with Gasteiger partial charge in [0.2, 0.25) is 11.8 Å². The van der Waals surface area contributed by atoms with E-state index < -0.39 is 53.7 Å². The number of aromatic carboxylic acids is 1. The molecule has 0 radical (unpaired) electrons. The Labute approximate surface area is 282 Å². The number of benzene rings is 3. The molecule has 0 aromatic heterocycles. The zero-order chi connectivity index (χ0) is 35.1. The van der Waals surface area contributed by atoms with Gasteiger partial charge in [0.1, 0.15) is 35.4 Å². The molecule has 4 amide bonds. The number of ether oxygens (including phenoxy) is 4. The molecule has 1 saturated heterocycles. The number of carboxylic acid groups (broad SMARTS) is 1. The first-order chi connectivity index (χ1) is 22.9. The van der Waals surface area contributed by atoms with Gasteiger partial charge in [0.15, 0.2) is 0 Å². The minimum absolute atomic E-state index is 0.0200. The number of urea groups is 1. The van der Waals surface area contributed by atoms with Crippen LogP contribution in [0.3, 0.4) is 0 Å². The summed E-state index contributed by atoms with van der Waals surface area (Å²) in [5.41, 5.74) is 0.898. The number of rotatable bonds is 12. The third-order valence-corrected chi connectivity index (χ3v) is 8.39. The summed E-state index contributed by atoms with van der Waals surface area (Å²) >= 11 is 6.28. The molecule has 1 heterocycles. The molecule has 0 unspecified atom stereocenters. The molecule has 3 aromatic carbocycles. The zero-order valence-electron chi connectivity index (χ0n) is 27.2. The Morgan fingerprint density at radius 1 is 0.979 bits per heavy atom. The molecule has 1 aliphatic rings. The predicted molar refractivity (Wildman–Crippen MR) is 173 cm³/mol. The van der Waals surface area contributed by atoms with Crippen LogP contribution in [0.4, 0.5) is 9.18 Å². The van der Waals surface area contributed by atoms with Gasteiger partial charge in [-0.05, 0) is 54.3 Å². The van der Waals surface area contributed by atoms with Gasteiger partial charge in [-0.3, -0.25) is 14.5 Å². The molecule has 0 spiro atoms. The van der Waals surface area contributed by atoms with Crippen molar-refractivity contribution in [1.82, 2.24) is 15.1 Å². The molecule has 48 heavy (non-hydrogen) atoms. The van der Waals surface area contributed by atoms with Crippen LogP contribution < -0.4 is 24.3 Å². The van der Waals surface area contributed by atoms with Crippen molar-refractivity contribution in [2.75, 3.05) is 41.5 Å². The average Bonchev–Trinajstić information content (AvgIpc) is 3.18. The van der Waals surface area contributed by atoms with Crippen LogP contribution in [0.2, 0.25) is 5.02 Å². The van der Waals surface area contributed by atoms with Crippen LogP contribution in [-0.2, 0) is 22.6 Å². The molecule has 14 heteroatoms. The van der Waals surface area contributed by atoms with E-state index in [1.54, 1.807) is 37.3 Å². The summed E-state index contributed by atoms with van der Waals surface area (Å²) in [6.07, 6.45) is 0.353. The second-order valence-electron chi connectivity index (χ2n) is 11.0. The molecule has 1 aliphatic heterocycles. The van der Waals surface area contributed by atoms with Gasteiger partial charge in [-0.1, -0.05) is 24.6 Å². The standard InChI is InChI=1S/C34H37ClFN3O9/c1-6-27(19-7-9-24(33(42)43)26(36)13-19)37-34(44)39-18-31(40)38(17-25-29(47-4)14-23(45-2)15-30(25)48-5)16-21(32(39)41)11-20-12-22(35)8-10-28(20)46-3/h7-10,12-15,21,27H,6,11,16-18H2,1-5H3,(H,37,44)(H,42,43)/t21-,27+/m1/s1. The summed E-state index contributed by atoms with van der Waals surface area (Å²) in [5.74, 6) is -2.73. The van der Waals surface area contributed by atoms with Crippen molar-refractivity contribution in [3.8, 4) is 23.0 Å². The maximum atomic E-state index is 14.5. The third-order valence-electron chi connectivity index (χ3n) is 8.15. The lowest BCUT2D eigenvalue weighted by Gasteiger charge is -2.26. The number of hydrogen-bond acceptors (Lipinski definition) is 8. The summed E-state index contributed by atoms with van der Waals surface area (Å²) in [6.45, 7) is 1.05. The van der Waals surface area contributed by atoms with Gasteiger partial charge < -0.3 is 34.3 Å². The number of imide groups is 1. The molecule has 2 atom stereocenters. The van der Waals surface area contributed by atoms with Gasteiger partial charge in [0.25, 0.3) is 0 Å². The number of nitrogens with one attached hydrogen (secondary N) is 1. The molecular formula is C34H37ClFN3O9. The Morgan fingerprint density at radius 2 is 1.65 bits per heavy atom. The first-order valence-electron chi connectivity index (χ1n) is 15.0. The summed E-state index contributed by atoms with van der Waals surface area (Å²) in [5, 5.41) is 12.3. The average molecular weight is 686 g/mol. The van der Waals surface area contributed by atoms with Crippen LogP contribution in [0.25, 0.3) is 0 Å². The van der Waals surface area contributed by atoms with Gasteiger partial charge in [-0.25, -0.2) is 14.0 Å². The maximum absolute atomic E-state index is 14.5. The van der Waals surface area contributed by atoms with Crippen LogP contribution in [0.1, 0.15) is 46.4 Å². The van der Waals surface area contributed by atoms with Crippen LogP contribution in [-0.4, -0.2) is 80.2 Å². The summed E-state index contributed by atoms with van der Waals surface area (Å²) in [6, 6.07) is 10.1. The van der Waals surface area contributed by atoms with Gasteiger partial charge in [-0.15, -0.1) is 0 Å². The number of carboxylic acids is 1. The van der Waals surface area contributed by atoms with E-state index in [-0.39, 0.29) is 25.9 Å². The topological polar surface area (TPSA) is 144 Å². The second-order valence-corrected chi connectivity index (χ2v) is 11.5. The van der Waals surface area contributed by atoms with Crippen molar-refractivity contribution in [3.05, 3.63) is 81.6 Å². The smallest absolute Gasteiger partial charge is 0.338 e. The molecule has 4 rings (SSSR count). The molecular weight excluding hydrogens is 649 g/mol. The molecule has 12 nitrogen and oxygen atoms in total.